The molecular weight excluding hydrogens is 302 g/mol. The quantitative estimate of drug-likeness (QED) is 0.887. The van der Waals surface area contributed by atoms with Gasteiger partial charge in [0.1, 0.15) is 5.75 Å². The molecule has 0 saturated carbocycles. The summed E-state index contributed by atoms with van der Waals surface area (Å²) in [5, 5.41) is 11.8. The molecule has 5 heteroatoms. The molecule has 24 heavy (non-hydrogen) atoms. The van der Waals surface area contributed by atoms with Crippen molar-refractivity contribution in [2.75, 3.05) is 19.5 Å². The minimum absolute atomic E-state index is 0.115. The molecule has 0 aliphatic rings. The van der Waals surface area contributed by atoms with Gasteiger partial charge in [-0.3, -0.25) is 9.69 Å². The van der Waals surface area contributed by atoms with Crippen molar-refractivity contribution in [1.29, 1.82) is 5.26 Å². The van der Waals surface area contributed by atoms with Crippen LogP contribution < -0.4 is 10.1 Å². The number of amides is 1. The summed E-state index contributed by atoms with van der Waals surface area (Å²) >= 11 is 0. The molecule has 0 aromatic heterocycles. The van der Waals surface area contributed by atoms with E-state index < -0.39 is 0 Å². The highest BCUT2D eigenvalue weighted by Gasteiger charge is 2.18. The molecule has 0 heterocycles. The van der Waals surface area contributed by atoms with E-state index in [1.165, 1.54) is 0 Å². The van der Waals surface area contributed by atoms with Crippen LogP contribution >= 0.6 is 0 Å². The van der Waals surface area contributed by atoms with E-state index in [9.17, 15) is 4.79 Å². The molecule has 124 valence electrons. The van der Waals surface area contributed by atoms with Crippen LogP contribution in [0.25, 0.3) is 0 Å². The standard InChI is InChI=1S/C19H21N3O2/c1-14(19(23)21-17-8-4-6-15(10-17)12-20)22(2)13-16-7-5-9-18(11-16)24-3/h4-11,14H,13H2,1-3H3,(H,21,23). The van der Waals surface area contributed by atoms with Gasteiger partial charge >= 0.3 is 0 Å². The van der Waals surface area contributed by atoms with Gasteiger partial charge in [-0.2, -0.15) is 5.26 Å². The monoisotopic (exact) mass is 323 g/mol. The summed E-state index contributed by atoms with van der Waals surface area (Å²) in [5.41, 5.74) is 2.22. The molecule has 0 bridgehead atoms. The topological polar surface area (TPSA) is 65.4 Å². The van der Waals surface area contributed by atoms with E-state index in [0.29, 0.717) is 17.8 Å². The maximum absolute atomic E-state index is 12.4. The third-order valence-electron chi connectivity index (χ3n) is 3.87. The Balaban J connectivity index is 1.99. The number of likely N-dealkylation sites (N-methyl/N-ethyl adjacent to an activating group) is 1. The maximum Gasteiger partial charge on any atom is 0.241 e. The highest BCUT2D eigenvalue weighted by molar-refractivity contribution is 5.94. The third kappa shape index (κ3) is 4.58. The summed E-state index contributed by atoms with van der Waals surface area (Å²) in [6.07, 6.45) is 0. The van der Waals surface area contributed by atoms with Crippen molar-refractivity contribution in [1.82, 2.24) is 4.90 Å². The predicted octanol–water partition coefficient (Wildman–Crippen LogP) is 3.03. The summed E-state index contributed by atoms with van der Waals surface area (Å²) in [6.45, 7) is 2.48. The molecule has 2 aromatic carbocycles. The number of hydrogen-bond donors (Lipinski definition) is 1. The number of carbonyl (C=O) groups excluding carboxylic acids is 1. The summed E-state index contributed by atoms with van der Waals surface area (Å²) in [7, 11) is 3.53. The summed E-state index contributed by atoms with van der Waals surface area (Å²) in [6, 6.07) is 16.4. The molecule has 0 fully saturated rings. The van der Waals surface area contributed by atoms with Crippen molar-refractivity contribution in [3.63, 3.8) is 0 Å². The number of ether oxygens (including phenoxy) is 1. The SMILES string of the molecule is COc1cccc(CN(C)C(C)C(=O)Nc2cccc(C#N)c2)c1. The van der Waals surface area contributed by atoms with Gasteiger partial charge in [0.15, 0.2) is 0 Å². The summed E-state index contributed by atoms with van der Waals surface area (Å²) in [5.74, 6) is 0.682. The normalized spacial score (nSPS) is 11.6. The number of hydrogen-bond acceptors (Lipinski definition) is 4. The molecule has 5 nitrogen and oxygen atoms in total. The zero-order valence-electron chi connectivity index (χ0n) is 14.1. The predicted molar refractivity (Wildman–Crippen MR) is 93.7 cm³/mol. The lowest BCUT2D eigenvalue weighted by Gasteiger charge is -2.24. The van der Waals surface area contributed by atoms with Gasteiger partial charge in [0.25, 0.3) is 0 Å². The summed E-state index contributed by atoms with van der Waals surface area (Å²) < 4.78 is 5.22. The largest absolute Gasteiger partial charge is 0.497 e. The second kappa shape index (κ2) is 8.14. The Bertz CT molecular complexity index is 752. The van der Waals surface area contributed by atoms with Crippen molar-refractivity contribution in [2.45, 2.75) is 19.5 Å². The molecule has 0 aliphatic carbocycles. The third-order valence-corrected chi connectivity index (χ3v) is 3.87. The average Bonchev–Trinajstić information content (AvgIpc) is 2.61. The Labute approximate surface area is 142 Å². The van der Waals surface area contributed by atoms with Gasteiger partial charge in [-0.15, -0.1) is 0 Å². The first-order chi connectivity index (χ1) is 11.5. The van der Waals surface area contributed by atoms with Crippen LogP contribution in [0.2, 0.25) is 0 Å². The van der Waals surface area contributed by atoms with Crippen LogP contribution in [0.4, 0.5) is 5.69 Å². The molecule has 1 amide bonds. The lowest BCUT2D eigenvalue weighted by molar-refractivity contribution is -0.120. The van der Waals surface area contributed by atoms with Crippen LogP contribution in [0.1, 0.15) is 18.1 Å². The van der Waals surface area contributed by atoms with Crippen LogP contribution in [-0.4, -0.2) is 31.0 Å². The number of nitrogens with zero attached hydrogens (tertiary/aromatic N) is 2. The van der Waals surface area contributed by atoms with Crippen LogP contribution in [0, 0.1) is 11.3 Å². The minimum Gasteiger partial charge on any atom is -0.497 e. The van der Waals surface area contributed by atoms with E-state index in [4.69, 9.17) is 10.00 Å². The van der Waals surface area contributed by atoms with Gasteiger partial charge in [-0.1, -0.05) is 18.2 Å². The van der Waals surface area contributed by atoms with Crippen molar-refractivity contribution in [3.8, 4) is 11.8 Å². The van der Waals surface area contributed by atoms with E-state index in [-0.39, 0.29) is 11.9 Å². The Morgan fingerprint density at radius 1 is 1.29 bits per heavy atom. The molecule has 2 aromatic rings. The number of benzene rings is 2. The Kier molecular flexibility index (Phi) is 5.94. The second-order valence-corrected chi connectivity index (χ2v) is 5.62. The van der Waals surface area contributed by atoms with Crippen LogP contribution in [-0.2, 0) is 11.3 Å². The van der Waals surface area contributed by atoms with Gasteiger partial charge in [-0.05, 0) is 49.9 Å². The van der Waals surface area contributed by atoms with E-state index >= 15 is 0 Å². The first-order valence-corrected chi connectivity index (χ1v) is 7.67. The molecule has 0 aliphatic heterocycles. The first kappa shape index (κ1) is 17.5. The number of nitrogens with one attached hydrogen (secondary N) is 1. The molecule has 2 rings (SSSR count). The molecule has 1 N–H and O–H groups in total. The van der Waals surface area contributed by atoms with Gasteiger partial charge in [0.2, 0.25) is 5.91 Å². The second-order valence-electron chi connectivity index (χ2n) is 5.62. The van der Waals surface area contributed by atoms with E-state index in [1.54, 1.807) is 31.4 Å². The molecule has 0 saturated heterocycles. The molecule has 0 spiro atoms. The Morgan fingerprint density at radius 3 is 2.75 bits per heavy atom. The first-order valence-electron chi connectivity index (χ1n) is 7.67. The maximum atomic E-state index is 12.4. The smallest absolute Gasteiger partial charge is 0.241 e. The highest BCUT2D eigenvalue weighted by Crippen LogP contribution is 2.16. The van der Waals surface area contributed by atoms with E-state index in [1.807, 2.05) is 43.1 Å². The summed E-state index contributed by atoms with van der Waals surface area (Å²) in [4.78, 5) is 14.4. The van der Waals surface area contributed by atoms with Crippen molar-refractivity contribution in [3.05, 3.63) is 59.7 Å². The zero-order chi connectivity index (χ0) is 17.5. The van der Waals surface area contributed by atoms with Crippen molar-refractivity contribution in [2.24, 2.45) is 0 Å². The number of nitriles is 1. The number of methoxy groups -OCH3 is 1. The lowest BCUT2D eigenvalue weighted by Crippen LogP contribution is -2.39. The van der Waals surface area contributed by atoms with Crippen molar-refractivity contribution >= 4 is 11.6 Å². The number of carbonyl (C=O) groups is 1. The molecular formula is C19H21N3O2. The minimum atomic E-state index is -0.318. The Hall–Kier alpha value is -2.84. The van der Waals surface area contributed by atoms with Crippen LogP contribution in [0.15, 0.2) is 48.5 Å². The number of rotatable bonds is 6. The van der Waals surface area contributed by atoms with Crippen LogP contribution in [0.3, 0.4) is 0 Å². The van der Waals surface area contributed by atoms with Gasteiger partial charge in [0, 0.05) is 12.2 Å². The van der Waals surface area contributed by atoms with Gasteiger partial charge in [0.05, 0.1) is 24.8 Å². The van der Waals surface area contributed by atoms with E-state index in [2.05, 4.69) is 11.4 Å². The van der Waals surface area contributed by atoms with E-state index in [0.717, 1.165) is 11.3 Å². The lowest BCUT2D eigenvalue weighted by atomic mass is 10.1. The molecule has 1 unspecified atom stereocenters. The van der Waals surface area contributed by atoms with Crippen molar-refractivity contribution < 1.29 is 9.53 Å². The highest BCUT2D eigenvalue weighted by atomic mass is 16.5. The molecule has 0 radical (unpaired) electrons. The fourth-order valence-corrected chi connectivity index (χ4v) is 2.31. The Morgan fingerprint density at radius 2 is 2.04 bits per heavy atom. The average molecular weight is 323 g/mol. The fraction of sp³-hybridized carbons (Fsp3) is 0.263. The van der Waals surface area contributed by atoms with Gasteiger partial charge in [-0.25, -0.2) is 0 Å². The zero-order valence-corrected chi connectivity index (χ0v) is 14.1. The van der Waals surface area contributed by atoms with Gasteiger partial charge < -0.3 is 10.1 Å². The molecule has 1 atom stereocenters. The van der Waals surface area contributed by atoms with Crippen LogP contribution in [0.5, 0.6) is 5.75 Å². The number of anilines is 1. The fourth-order valence-electron chi connectivity index (χ4n) is 2.31.